The lowest BCUT2D eigenvalue weighted by Gasteiger charge is -2.19. The van der Waals surface area contributed by atoms with Crippen molar-refractivity contribution >= 4 is 43.6 Å². The van der Waals surface area contributed by atoms with Crippen molar-refractivity contribution in [1.29, 1.82) is 5.26 Å². The molecule has 6 aromatic carbocycles. The van der Waals surface area contributed by atoms with Crippen LogP contribution < -0.4 is 0 Å². The predicted molar refractivity (Wildman–Crippen MR) is 249 cm³/mol. The van der Waals surface area contributed by atoms with Gasteiger partial charge in [-0.15, -0.1) is 0 Å². The van der Waals surface area contributed by atoms with Crippen LogP contribution in [-0.2, 0) is 0 Å². The molecule has 12 aromatic rings. The largest absolute Gasteiger partial charge is 0.309 e. The molecule has 0 bridgehead atoms. The van der Waals surface area contributed by atoms with Crippen molar-refractivity contribution in [2.24, 2.45) is 0 Å². The van der Waals surface area contributed by atoms with E-state index in [9.17, 15) is 5.26 Å². The van der Waals surface area contributed by atoms with Crippen molar-refractivity contribution in [2.75, 3.05) is 0 Å². The average molecular weight is 858 g/mol. The lowest BCUT2D eigenvalue weighted by Crippen LogP contribution is -2.05. The van der Waals surface area contributed by atoms with Crippen molar-refractivity contribution in [3.8, 4) is 74.1 Å². The summed E-state index contributed by atoms with van der Waals surface area (Å²) in [5, 5.41) is 14.5. The summed E-state index contributed by atoms with van der Waals surface area (Å²) in [6.07, 6.45) is 13.5. The maximum Gasteiger partial charge on any atom is 0.159 e. The molecule has 0 radical (unpaired) electrons. The van der Waals surface area contributed by atoms with E-state index in [0.717, 1.165) is 54.8 Å². The normalized spacial score (nSPS) is 11.5. The van der Waals surface area contributed by atoms with Gasteiger partial charge in [-0.3, -0.25) is 0 Å². The quantitative estimate of drug-likeness (QED) is 0.153. The highest BCUT2D eigenvalue weighted by molar-refractivity contribution is 6.13. The zero-order valence-electron chi connectivity index (χ0n) is 34.4. The van der Waals surface area contributed by atoms with Crippen LogP contribution in [0.15, 0.2) is 177 Å². The summed E-state index contributed by atoms with van der Waals surface area (Å²) in [6, 6.07) is 40.2. The van der Waals surface area contributed by atoms with Crippen molar-refractivity contribution < 1.29 is 8.78 Å². The molecule has 0 N–H and O–H groups in total. The number of fused-ring (bicyclic) bond motifs is 6. The Hall–Kier alpha value is -9.41. The molecule has 12 rings (SSSR count). The maximum atomic E-state index is 16.5. The minimum absolute atomic E-state index is 0.225. The summed E-state index contributed by atoms with van der Waals surface area (Å²) in [7, 11) is 0. The lowest BCUT2D eigenvalue weighted by atomic mass is 9.98. The van der Waals surface area contributed by atoms with E-state index in [4.69, 9.17) is 0 Å². The summed E-state index contributed by atoms with van der Waals surface area (Å²) in [5.41, 5.74) is 7.06. The van der Waals surface area contributed by atoms with Crippen LogP contribution in [0.25, 0.3) is 112 Å². The Morgan fingerprint density at radius 3 is 1.05 bits per heavy atom. The molecule has 0 aliphatic heterocycles. The number of hydrogen-bond acceptors (Lipinski definition) is 9. The van der Waals surface area contributed by atoms with Gasteiger partial charge in [0.05, 0.1) is 44.6 Å². The number of aromatic nitrogens is 10. The van der Waals surface area contributed by atoms with Crippen LogP contribution >= 0.6 is 0 Å². The van der Waals surface area contributed by atoms with Crippen molar-refractivity contribution in [3.63, 3.8) is 0 Å². The average Bonchev–Trinajstić information content (AvgIpc) is 3.88. The zero-order chi connectivity index (χ0) is 44.3. The Bertz CT molecular complexity index is 3690. The lowest BCUT2D eigenvalue weighted by molar-refractivity contribution is 0.589. The molecular weight excluding hydrogens is 829 g/mol. The van der Waals surface area contributed by atoms with E-state index in [1.807, 2.05) is 81.9 Å². The second kappa shape index (κ2) is 15.4. The van der Waals surface area contributed by atoms with E-state index < -0.39 is 11.6 Å². The van der Waals surface area contributed by atoms with E-state index in [1.54, 1.807) is 86.0 Å². The fourth-order valence-corrected chi connectivity index (χ4v) is 8.91. The van der Waals surface area contributed by atoms with Gasteiger partial charge in [-0.25, -0.2) is 48.7 Å². The highest BCUT2D eigenvalue weighted by Gasteiger charge is 2.26. The fourth-order valence-electron chi connectivity index (χ4n) is 8.91. The zero-order valence-corrected chi connectivity index (χ0v) is 34.4. The smallest absolute Gasteiger partial charge is 0.159 e. The third-order valence-electron chi connectivity index (χ3n) is 11.8. The molecule has 310 valence electrons. The van der Waals surface area contributed by atoms with Gasteiger partial charge in [0, 0.05) is 98.9 Å². The van der Waals surface area contributed by atoms with E-state index in [2.05, 4.69) is 45.9 Å². The molecule has 6 aromatic heterocycles. The predicted octanol–water partition coefficient (Wildman–Crippen LogP) is 11.5. The molecule has 0 atom stereocenters. The van der Waals surface area contributed by atoms with Gasteiger partial charge in [0.1, 0.15) is 17.7 Å². The van der Waals surface area contributed by atoms with E-state index >= 15 is 8.78 Å². The molecule has 11 nitrogen and oxygen atoms in total. The van der Waals surface area contributed by atoms with Gasteiger partial charge in [-0.2, -0.15) is 5.26 Å². The molecule has 0 aliphatic rings. The molecule has 0 saturated carbocycles. The first-order valence-corrected chi connectivity index (χ1v) is 20.8. The standard InChI is InChI=1S/C53H29F2N11/c54-41-6-1-7-42(55)49(41)40-29-47(65-43-12-8-31(50-57-16-2-17-58-50)24-36(43)37-25-32(9-13-44(37)65)51-59-18-3-19-60-51)35(30-56)28-48(40)66-45-14-10-33(52-61-20-4-21-62-52)26-38(45)39-27-34(11-15-46(39)66)53-63-22-5-23-64-53/h1-29H. The number of nitrogens with zero attached hydrogens (tertiary/aromatic N) is 11. The second-order valence-electron chi connectivity index (χ2n) is 15.5. The Morgan fingerprint density at radius 2 is 0.712 bits per heavy atom. The molecule has 66 heavy (non-hydrogen) atoms. The summed E-state index contributed by atoms with van der Waals surface area (Å²) >= 11 is 0. The first-order chi connectivity index (χ1) is 32.5. The van der Waals surface area contributed by atoms with Crippen LogP contribution in [0.2, 0.25) is 0 Å². The number of halogens is 2. The van der Waals surface area contributed by atoms with Gasteiger partial charge in [0.2, 0.25) is 0 Å². The molecule has 0 amide bonds. The Balaban J connectivity index is 1.17. The van der Waals surface area contributed by atoms with E-state index in [0.29, 0.717) is 45.7 Å². The second-order valence-corrected chi connectivity index (χ2v) is 15.5. The van der Waals surface area contributed by atoms with Crippen LogP contribution in [0.4, 0.5) is 8.78 Å². The van der Waals surface area contributed by atoms with E-state index in [-0.39, 0.29) is 16.7 Å². The van der Waals surface area contributed by atoms with Crippen LogP contribution in [0.3, 0.4) is 0 Å². The molecule has 0 fully saturated rings. The first-order valence-electron chi connectivity index (χ1n) is 20.8. The van der Waals surface area contributed by atoms with Gasteiger partial charge >= 0.3 is 0 Å². The molecule has 0 aliphatic carbocycles. The molecule has 0 unspecified atom stereocenters. The third kappa shape index (κ3) is 6.23. The van der Waals surface area contributed by atoms with Crippen LogP contribution in [0, 0.1) is 23.0 Å². The van der Waals surface area contributed by atoms with Crippen molar-refractivity contribution in [1.82, 2.24) is 49.0 Å². The monoisotopic (exact) mass is 857 g/mol. The fraction of sp³-hybridized carbons (Fsp3) is 0. The number of benzene rings is 6. The molecular formula is C53H29F2N11. The van der Waals surface area contributed by atoms with Crippen molar-refractivity contribution in [3.05, 3.63) is 194 Å². The highest BCUT2D eigenvalue weighted by Crippen LogP contribution is 2.44. The minimum Gasteiger partial charge on any atom is -0.309 e. The van der Waals surface area contributed by atoms with Crippen LogP contribution in [0.1, 0.15) is 5.56 Å². The number of hydrogen-bond donors (Lipinski definition) is 0. The van der Waals surface area contributed by atoms with E-state index in [1.165, 1.54) is 18.2 Å². The molecule has 0 saturated heterocycles. The summed E-state index contributed by atoms with van der Waals surface area (Å²) in [4.78, 5) is 36.1. The molecule has 6 heterocycles. The van der Waals surface area contributed by atoms with Crippen LogP contribution in [0.5, 0.6) is 0 Å². The van der Waals surface area contributed by atoms with Crippen LogP contribution in [-0.4, -0.2) is 49.0 Å². The Labute approximate surface area is 373 Å². The SMILES string of the molecule is N#Cc1cc(-n2c3ccc(-c4ncccn4)cc3c3cc(-c4ncccn4)ccc32)c(-c2c(F)cccc2F)cc1-n1c2ccc(-c3ncccn3)cc2c2cc(-c3ncccn3)ccc21. The van der Waals surface area contributed by atoms with Crippen molar-refractivity contribution in [2.45, 2.75) is 0 Å². The number of nitriles is 1. The first kappa shape index (κ1) is 38.3. The maximum absolute atomic E-state index is 16.5. The Morgan fingerprint density at radius 1 is 0.379 bits per heavy atom. The number of rotatable bonds is 7. The Kier molecular flexibility index (Phi) is 8.95. The van der Waals surface area contributed by atoms with Gasteiger partial charge in [0.25, 0.3) is 0 Å². The minimum atomic E-state index is -0.762. The summed E-state index contributed by atoms with van der Waals surface area (Å²) in [6.45, 7) is 0. The molecule has 13 heteroatoms. The summed E-state index contributed by atoms with van der Waals surface area (Å²) in [5.74, 6) is 0.626. The topological polar surface area (TPSA) is 137 Å². The summed E-state index contributed by atoms with van der Waals surface area (Å²) < 4.78 is 36.8. The third-order valence-corrected chi connectivity index (χ3v) is 11.8. The van der Waals surface area contributed by atoms with Gasteiger partial charge in [0.15, 0.2) is 23.3 Å². The molecule has 0 spiro atoms. The van der Waals surface area contributed by atoms with Gasteiger partial charge in [-0.1, -0.05) is 6.07 Å². The van der Waals surface area contributed by atoms with Gasteiger partial charge < -0.3 is 9.13 Å². The van der Waals surface area contributed by atoms with Gasteiger partial charge in [-0.05, 0) is 121 Å². The highest BCUT2D eigenvalue weighted by atomic mass is 19.1.